The lowest BCUT2D eigenvalue weighted by Gasteiger charge is -2.32. The lowest BCUT2D eigenvalue weighted by molar-refractivity contribution is -0.131. The molecule has 1 saturated heterocycles. The van der Waals surface area contributed by atoms with Gasteiger partial charge in [0.15, 0.2) is 0 Å². The molecule has 2 heterocycles. The number of amides is 2. The largest absolute Gasteiger partial charge is 0.493 e. The van der Waals surface area contributed by atoms with Crippen molar-refractivity contribution in [2.75, 3.05) is 26.2 Å². The second-order valence-electron chi connectivity index (χ2n) is 7.54. The molecule has 8 heteroatoms. The van der Waals surface area contributed by atoms with Crippen LogP contribution in [-0.4, -0.2) is 52.5 Å². The number of hydrogen-bond acceptors (Lipinski definition) is 4. The minimum Gasteiger partial charge on any atom is -0.493 e. The summed E-state index contributed by atoms with van der Waals surface area (Å²) in [6.45, 7) is 3.32. The van der Waals surface area contributed by atoms with Crippen molar-refractivity contribution in [2.45, 2.75) is 25.8 Å². The number of aromatic nitrogens is 2. The molecule has 4 rings (SSSR count). The number of carbonyl (C=O) groups excluding carboxylic acids is 2. The summed E-state index contributed by atoms with van der Waals surface area (Å²) in [5.74, 6) is 0.0320. The molecule has 0 saturated carbocycles. The zero-order chi connectivity index (χ0) is 21.8. The molecule has 1 aliphatic rings. The van der Waals surface area contributed by atoms with Crippen LogP contribution in [0.1, 0.15) is 36.2 Å². The Kier molecular flexibility index (Phi) is 6.06. The van der Waals surface area contributed by atoms with Gasteiger partial charge in [-0.25, -0.2) is 4.79 Å². The van der Waals surface area contributed by atoms with Crippen molar-refractivity contribution < 1.29 is 14.3 Å². The normalized spacial score (nSPS) is 14.5. The molecule has 2 amide bonds. The minimum absolute atomic E-state index is 0.0420. The Bertz CT molecular complexity index is 1140. The number of aromatic amines is 1. The van der Waals surface area contributed by atoms with E-state index in [0.29, 0.717) is 43.9 Å². The number of rotatable bonds is 6. The summed E-state index contributed by atoms with van der Waals surface area (Å²) in [5, 5.41) is 2.70. The van der Waals surface area contributed by atoms with Gasteiger partial charge in [0.25, 0.3) is 5.91 Å². The van der Waals surface area contributed by atoms with Gasteiger partial charge in [-0.3, -0.25) is 14.2 Å². The Balaban J connectivity index is 1.34. The smallest absolute Gasteiger partial charge is 0.326 e. The van der Waals surface area contributed by atoms with Crippen molar-refractivity contribution in [2.24, 2.45) is 0 Å². The molecule has 0 atom stereocenters. The third-order valence-corrected chi connectivity index (χ3v) is 5.64. The van der Waals surface area contributed by atoms with Crippen LogP contribution in [0.15, 0.2) is 53.3 Å². The summed E-state index contributed by atoms with van der Waals surface area (Å²) in [4.78, 5) is 42.2. The van der Waals surface area contributed by atoms with E-state index in [1.165, 1.54) is 0 Å². The second-order valence-corrected chi connectivity index (χ2v) is 7.54. The molecule has 8 nitrogen and oxygen atoms in total. The SMILES string of the molecule is CCOc1ccccc1C(=O)NCC(=O)N1CCC(n2c(=O)[nH]c3ccccc32)CC1. The van der Waals surface area contributed by atoms with Crippen molar-refractivity contribution in [3.63, 3.8) is 0 Å². The third-order valence-electron chi connectivity index (χ3n) is 5.64. The first-order chi connectivity index (χ1) is 15.1. The van der Waals surface area contributed by atoms with E-state index in [2.05, 4.69) is 10.3 Å². The lowest BCUT2D eigenvalue weighted by atomic mass is 10.0. The first-order valence-electron chi connectivity index (χ1n) is 10.6. The van der Waals surface area contributed by atoms with Gasteiger partial charge in [0, 0.05) is 19.1 Å². The number of likely N-dealkylation sites (tertiary alicyclic amines) is 1. The first kappa shape index (κ1) is 20.7. The lowest BCUT2D eigenvalue weighted by Crippen LogP contribution is -2.45. The molecule has 0 aliphatic carbocycles. The fraction of sp³-hybridized carbons (Fsp3) is 0.348. The molecule has 162 valence electrons. The molecule has 1 fully saturated rings. The number of nitrogens with zero attached hydrogens (tertiary/aromatic N) is 2. The Labute approximate surface area is 179 Å². The maximum absolute atomic E-state index is 12.6. The van der Waals surface area contributed by atoms with Crippen LogP contribution in [-0.2, 0) is 4.79 Å². The van der Waals surface area contributed by atoms with Crippen molar-refractivity contribution in [1.29, 1.82) is 0 Å². The molecule has 31 heavy (non-hydrogen) atoms. The maximum Gasteiger partial charge on any atom is 0.326 e. The quantitative estimate of drug-likeness (QED) is 0.637. The van der Waals surface area contributed by atoms with Crippen molar-refractivity contribution in [1.82, 2.24) is 19.8 Å². The monoisotopic (exact) mass is 422 g/mol. The van der Waals surface area contributed by atoms with Gasteiger partial charge in [-0.2, -0.15) is 0 Å². The molecule has 2 N–H and O–H groups in total. The molecule has 0 spiro atoms. The van der Waals surface area contributed by atoms with Crippen LogP contribution in [0, 0.1) is 0 Å². The average molecular weight is 422 g/mol. The van der Waals surface area contributed by atoms with Gasteiger partial charge >= 0.3 is 5.69 Å². The molecule has 0 bridgehead atoms. The van der Waals surface area contributed by atoms with Crippen molar-refractivity contribution in [3.05, 3.63) is 64.6 Å². The fourth-order valence-electron chi connectivity index (χ4n) is 4.11. The maximum atomic E-state index is 12.6. The van der Waals surface area contributed by atoms with Crippen molar-refractivity contribution >= 4 is 22.8 Å². The van der Waals surface area contributed by atoms with Crippen LogP contribution < -0.4 is 15.7 Å². The van der Waals surface area contributed by atoms with Gasteiger partial charge in [0.1, 0.15) is 5.75 Å². The number of H-pyrrole nitrogens is 1. The van der Waals surface area contributed by atoms with Gasteiger partial charge in [-0.1, -0.05) is 24.3 Å². The van der Waals surface area contributed by atoms with E-state index in [1.807, 2.05) is 31.2 Å². The standard InChI is InChI=1S/C23H26N4O4/c1-2-31-20-10-6-3-7-17(20)22(29)24-15-21(28)26-13-11-16(12-14-26)27-19-9-5-4-8-18(19)25-23(27)30/h3-10,16H,2,11-15H2,1H3,(H,24,29)(H,25,30). The highest BCUT2D eigenvalue weighted by Crippen LogP contribution is 2.25. The van der Waals surface area contributed by atoms with Gasteiger partial charge in [0.05, 0.1) is 29.7 Å². The molecule has 1 aliphatic heterocycles. The molecule has 0 unspecified atom stereocenters. The predicted molar refractivity (Wildman–Crippen MR) is 117 cm³/mol. The highest BCUT2D eigenvalue weighted by atomic mass is 16.5. The van der Waals surface area contributed by atoms with Gasteiger partial charge in [-0.05, 0) is 44.0 Å². The van der Waals surface area contributed by atoms with Crippen LogP contribution in [0.25, 0.3) is 11.0 Å². The van der Waals surface area contributed by atoms with E-state index in [4.69, 9.17) is 4.74 Å². The average Bonchev–Trinajstić information content (AvgIpc) is 3.13. The summed E-state index contributed by atoms with van der Waals surface area (Å²) in [5.41, 5.74) is 2.00. The summed E-state index contributed by atoms with van der Waals surface area (Å²) in [6.07, 6.45) is 1.38. The predicted octanol–water partition coefficient (Wildman–Crippen LogP) is 2.32. The van der Waals surface area contributed by atoms with E-state index in [1.54, 1.807) is 33.7 Å². The molecule has 3 aromatic rings. The molecular weight excluding hydrogens is 396 g/mol. The van der Waals surface area contributed by atoms with E-state index < -0.39 is 0 Å². The number of imidazole rings is 1. The molecular formula is C23H26N4O4. The number of benzene rings is 2. The number of fused-ring (bicyclic) bond motifs is 1. The van der Waals surface area contributed by atoms with Gasteiger partial charge < -0.3 is 19.9 Å². The Hall–Kier alpha value is -3.55. The van der Waals surface area contributed by atoms with Crippen molar-refractivity contribution in [3.8, 4) is 5.75 Å². The molecule has 1 aromatic heterocycles. The zero-order valence-electron chi connectivity index (χ0n) is 17.5. The topological polar surface area (TPSA) is 96.4 Å². The Morgan fingerprint density at radius 2 is 1.81 bits per heavy atom. The number of ether oxygens (including phenoxy) is 1. The van der Waals surface area contributed by atoms with Crippen LogP contribution in [0.5, 0.6) is 5.75 Å². The number of piperidine rings is 1. The zero-order valence-corrected chi connectivity index (χ0v) is 17.5. The number of carbonyl (C=O) groups is 2. The summed E-state index contributed by atoms with van der Waals surface area (Å²) in [7, 11) is 0. The van der Waals surface area contributed by atoms with E-state index in [0.717, 1.165) is 11.0 Å². The van der Waals surface area contributed by atoms with Gasteiger partial charge in [0.2, 0.25) is 5.91 Å². The summed E-state index contributed by atoms with van der Waals surface area (Å²) >= 11 is 0. The van der Waals surface area contributed by atoms with E-state index >= 15 is 0 Å². The Morgan fingerprint density at radius 1 is 1.10 bits per heavy atom. The van der Waals surface area contributed by atoms with Crippen LogP contribution >= 0.6 is 0 Å². The molecule has 0 radical (unpaired) electrons. The summed E-state index contributed by atoms with van der Waals surface area (Å²) in [6, 6.07) is 14.6. The number of hydrogen-bond donors (Lipinski definition) is 2. The highest BCUT2D eigenvalue weighted by Gasteiger charge is 2.26. The molecule has 2 aromatic carbocycles. The fourth-order valence-corrected chi connectivity index (χ4v) is 4.11. The third kappa shape index (κ3) is 4.33. The number of para-hydroxylation sites is 3. The number of nitrogens with one attached hydrogen (secondary N) is 2. The first-order valence-corrected chi connectivity index (χ1v) is 10.6. The van der Waals surface area contributed by atoms with Crippen LogP contribution in [0.2, 0.25) is 0 Å². The van der Waals surface area contributed by atoms with Crippen LogP contribution in [0.4, 0.5) is 0 Å². The van der Waals surface area contributed by atoms with E-state index in [9.17, 15) is 14.4 Å². The Morgan fingerprint density at radius 3 is 2.58 bits per heavy atom. The minimum atomic E-state index is -0.336. The second kappa shape index (κ2) is 9.07. The van der Waals surface area contributed by atoms with E-state index in [-0.39, 0.29) is 30.1 Å². The van der Waals surface area contributed by atoms with Crippen LogP contribution in [0.3, 0.4) is 0 Å². The summed E-state index contributed by atoms with van der Waals surface area (Å²) < 4.78 is 7.28. The van der Waals surface area contributed by atoms with Gasteiger partial charge in [-0.15, -0.1) is 0 Å². The highest BCUT2D eigenvalue weighted by molar-refractivity contribution is 5.98.